The van der Waals surface area contributed by atoms with Crippen LogP contribution in [0.2, 0.25) is 10.0 Å². The first kappa shape index (κ1) is 23.6. The molecule has 2 aromatic carbocycles. The van der Waals surface area contributed by atoms with E-state index < -0.39 is 0 Å². The van der Waals surface area contributed by atoms with E-state index in [1.807, 2.05) is 18.2 Å². The van der Waals surface area contributed by atoms with Gasteiger partial charge in [-0.15, -0.1) is 0 Å². The molecule has 2 aromatic rings. The summed E-state index contributed by atoms with van der Waals surface area (Å²) in [6.07, 6.45) is 6.55. The summed E-state index contributed by atoms with van der Waals surface area (Å²) < 4.78 is 12.4. The Morgan fingerprint density at radius 2 is 1.79 bits per heavy atom. The second-order valence-corrected chi connectivity index (χ2v) is 8.53. The summed E-state index contributed by atoms with van der Waals surface area (Å²) in [5.41, 5.74) is 2.12. The highest BCUT2D eigenvalue weighted by atomic mass is 79.9. The van der Waals surface area contributed by atoms with Crippen molar-refractivity contribution in [3.8, 4) is 11.5 Å². The smallest absolute Gasteiger partial charge is 0.175 e. The van der Waals surface area contributed by atoms with Crippen LogP contribution in [0.25, 0.3) is 0 Å². The lowest BCUT2D eigenvalue weighted by Crippen LogP contribution is -3.00. The monoisotopic (exact) mass is 506 g/mol. The molecule has 3 rings (SSSR count). The standard InChI is InChI=1S/C21H24BrCl2NO2.ClH/c1-26-20-11-15(12-25-16-5-3-2-4-6-16)9-17(22)21(20)27-13-14-7-8-18(23)19(24)10-14;/h7-11,16,25H,2-6,12-13H2,1H3;1H/p-1. The Morgan fingerprint density at radius 1 is 1.04 bits per heavy atom. The fraction of sp³-hybridized carbons (Fsp3) is 0.429. The van der Waals surface area contributed by atoms with Crippen LogP contribution in [0, 0.1) is 0 Å². The van der Waals surface area contributed by atoms with Crippen LogP contribution in [0.1, 0.15) is 43.2 Å². The topological polar surface area (TPSA) is 30.5 Å². The van der Waals surface area contributed by atoms with E-state index in [1.165, 1.54) is 37.7 Å². The van der Waals surface area contributed by atoms with Crippen LogP contribution >= 0.6 is 39.1 Å². The van der Waals surface area contributed by atoms with Crippen molar-refractivity contribution in [2.24, 2.45) is 0 Å². The largest absolute Gasteiger partial charge is 1.00 e. The van der Waals surface area contributed by atoms with E-state index in [0.29, 0.717) is 34.2 Å². The normalized spacial score (nSPS) is 14.4. The van der Waals surface area contributed by atoms with Crippen molar-refractivity contribution in [2.45, 2.75) is 51.3 Å². The van der Waals surface area contributed by atoms with Gasteiger partial charge in [-0.25, -0.2) is 0 Å². The molecule has 1 aliphatic carbocycles. The van der Waals surface area contributed by atoms with E-state index in [1.54, 1.807) is 13.2 Å². The summed E-state index contributed by atoms with van der Waals surface area (Å²) in [6, 6.07) is 10.2. The van der Waals surface area contributed by atoms with Gasteiger partial charge in [-0.1, -0.05) is 48.5 Å². The minimum atomic E-state index is 0. The molecule has 0 spiro atoms. The third kappa shape index (κ3) is 6.43. The molecule has 0 atom stereocenters. The lowest BCUT2D eigenvalue weighted by atomic mass is 9.95. The minimum absolute atomic E-state index is 0. The lowest BCUT2D eigenvalue weighted by molar-refractivity contribution is -0.00000584. The summed E-state index contributed by atoms with van der Waals surface area (Å²) in [7, 11) is 1.66. The van der Waals surface area contributed by atoms with Gasteiger partial charge in [0.15, 0.2) is 11.5 Å². The van der Waals surface area contributed by atoms with Crippen molar-refractivity contribution >= 4 is 39.1 Å². The fourth-order valence-electron chi connectivity index (χ4n) is 3.37. The molecule has 0 unspecified atom stereocenters. The van der Waals surface area contributed by atoms with Crippen LogP contribution in [-0.4, -0.2) is 13.2 Å². The number of benzene rings is 2. The van der Waals surface area contributed by atoms with Crippen LogP contribution in [0.3, 0.4) is 0 Å². The van der Waals surface area contributed by atoms with Crippen molar-refractivity contribution in [2.75, 3.05) is 7.11 Å². The van der Waals surface area contributed by atoms with Gasteiger partial charge < -0.3 is 27.2 Å². The highest BCUT2D eigenvalue weighted by molar-refractivity contribution is 9.10. The van der Waals surface area contributed by atoms with E-state index in [0.717, 1.165) is 16.6 Å². The van der Waals surface area contributed by atoms with Crippen LogP contribution in [0.4, 0.5) is 0 Å². The first-order valence-electron chi connectivity index (χ1n) is 9.23. The van der Waals surface area contributed by atoms with Crippen LogP contribution in [0.15, 0.2) is 34.8 Å². The zero-order valence-electron chi connectivity index (χ0n) is 15.7. The summed E-state index contributed by atoms with van der Waals surface area (Å²) in [5.74, 6) is 1.40. The van der Waals surface area contributed by atoms with E-state index in [-0.39, 0.29) is 12.4 Å². The molecule has 7 heteroatoms. The van der Waals surface area contributed by atoms with E-state index in [4.69, 9.17) is 32.7 Å². The third-order valence-corrected chi connectivity index (χ3v) is 6.18. The first-order chi connectivity index (χ1) is 13.1. The molecule has 0 amide bonds. The highest BCUT2D eigenvalue weighted by Crippen LogP contribution is 2.37. The maximum Gasteiger partial charge on any atom is 0.175 e. The van der Waals surface area contributed by atoms with Crippen molar-refractivity contribution in [3.63, 3.8) is 0 Å². The summed E-state index contributed by atoms with van der Waals surface area (Å²) in [5, 5.41) is 4.72. The number of rotatable bonds is 7. The second kappa shape index (κ2) is 11.5. The van der Waals surface area contributed by atoms with E-state index >= 15 is 0 Å². The molecule has 0 radical (unpaired) electrons. The molecule has 28 heavy (non-hydrogen) atoms. The Hall–Kier alpha value is -0.650. The molecule has 1 N–H and O–H groups in total. The average molecular weight is 509 g/mol. The molecule has 0 heterocycles. The van der Waals surface area contributed by atoms with Crippen LogP contribution < -0.4 is 27.2 Å². The molecule has 3 nitrogen and oxygen atoms in total. The quantitative estimate of drug-likeness (QED) is 0.618. The minimum Gasteiger partial charge on any atom is -1.00 e. The molecule has 0 aromatic heterocycles. The van der Waals surface area contributed by atoms with Crippen molar-refractivity contribution < 1.29 is 21.9 Å². The van der Waals surface area contributed by atoms with Gasteiger partial charge in [-0.3, -0.25) is 0 Å². The van der Waals surface area contributed by atoms with Gasteiger partial charge in [0.2, 0.25) is 0 Å². The molecule has 0 saturated heterocycles. The molecule has 1 saturated carbocycles. The van der Waals surface area contributed by atoms with Gasteiger partial charge in [0.1, 0.15) is 6.61 Å². The number of hydrogen-bond donors (Lipinski definition) is 1. The maximum absolute atomic E-state index is 6.08. The van der Waals surface area contributed by atoms with E-state index in [9.17, 15) is 0 Å². The van der Waals surface area contributed by atoms with Crippen LogP contribution in [-0.2, 0) is 13.2 Å². The summed E-state index contributed by atoms with van der Waals surface area (Å²) in [4.78, 5) is 0. The van der Waals surface area contributed by atoms with E-state index in [2.05, 4.69) is 27.3 Å². The average Bonchev–Trinajstić information content (AvgIpc) is 2.68. The van der Waals surface area contributed by atoms with Gasteiger partial charge in [-0.2, -0.15) is 0 Å². The number of hydrogen-bond acceptors (Lipinski definition) is 3. The highest BCUT2D eigenvalue weighted by Gasteiger charge is 2.15. The molecule has 1 aliphatic rings. The maximum atomic E-state index is 6.08. The third-order valence-electron chi connectivity index (χ3n) is 4.86. The Morgan fingerprint density at radius 3 is 2.46 bits per heavy atom. The van der Waals surface area contributed by atoms with Gasteiger partial charge in [-0.05, 0) is 64.2 Å². The summed E-state index contributed by atoms with van der Waals surface area (Å²) >= 11 is 15.7. The zero-order chi connectivity index (χ0) is 19.2. The zero-order valence-corrected chi connectivity index (χ0v) is 19.6. The van der Waals surface area contributed by atoms with Crippen molar-refractivity contribution in [1.29, 1.82) is 0 Å². The number of halogens is 4. The van der Waals surface area contributed by atoms with Crippen molar-refractivity contribution in [1.82, 2.24) is 5.32 Å². The Kier molecular flexibility index (Phi) is 9.72. The first-order valence-corrected chi connectivity index (χ1v) is 10.8. The SMILES string of the molecule is COc1cc(CNC2CCCCC2)cc(Br)c1OCc1ccc(Cl)c(Cl)c1.[Cl-]. The second-order valence-electron chi connectivity index (χ2n) is 6.86. The Labute approximate surface area is 191 Å². The van der Waals surface area contributed by atoms with Crippen molar-refractivity contribution in [3.05, 3.63) is 56.0 Å². The molecule has 0 aliphatic heterocycles. The fourth-order valence-corrected chi connectivity index (χ4v) is 4.29. The van der Waals surface area contributed by atoms with Gasteiger partial charge >= 0.3 is 0 Å². The number of nitrogens with one attached hydrogen (secondary N) is 1. The molecular weight excluding hydrogens is 484 g/mol. The Balaban J connectivity index is 0.00000280. The van der Waals surface area contributed by atoms with Gasteiger partial charge in [0.25, 0.3) is 0 Å². The molecule has 0 bridgehead atoms. The Bertz CT molecular complexity index is 782. The molecule has 154 valence electrons. The van der Waals surface area contributed by atoms with Crippen LogP contribution in [0.5, 0.6) is 11.5 Å². The molecule has 1 fully saturated rings. The predicted molar refractivity (Wildman–Crippen MR) is 115 cm³/mol. The predicted octanol–water partition coefficient (Wildman–Crippen LogP) is 3.77. The lowest BCUT2D eigenvalue weighted by Gasteiger charge is -2.23. The van der Waals surface area contributed by atoms with Gasteiger partial charge in [0.05, 0.1) is 21.6 Å². The van der Waals surface area contributed by atoms with Gasteiger partial charge in [0, 0.05) is 12.6 Å². The summed E-state index contributed by atoms with van der Waals surface area (Å²) in [6.45, 7) is 1.21. The number of ether oxygens (including phenoxy) is 2. The molecular formula is C21H24BrCl3NO2-. The number of methoxy groups -OCH3 is 1.